The van der Waals surface area contributed by atoms with Crippen molar-refractivity contribution in [3.63, 3.8) is 0 Å². The molecule has 0 radical (unpaired) electrons. The lowest BCUT2D eigenvalue weighted by Gasteiger charge is -2.36. The maximum absolute atomic E-state index is 12.7. The highest BCUT2D eigenvalue weighted by atomic mass is 16.5. The number of hydrogen-bond donors (Lipinski definition) is 1. The Balaban J connectivity index is 1.32. The van der Waals surface area contributed by atoms with Crippen molar-refractivity contribution in [2.24, 2.45) is 0 Å². The predicted molar refractivity (Wildman–Crippen MR) is 93.6 cm³/mol. The molecule has 2 amide bonds. The van der Waals surface area contributed by atoms with E-state index in [1.165, 1.54) is 0 Å². The zero-order valence-electron chi connectivity index (χ0n) is 14.6. The van der Waals surface area contributed by atoms with Gasteiger partial charge in [-0.25, -0.2) is 0 Å². The van der Waals surface area contributed by atoms with Gasteiger partial charge in [0.15, 0.2) is 0 Å². The van der Waals surface area contributed by atoms with Crippen molar-refractivity contribution < 1.29 is 14.3 Å². The van der Waals surface area contributed by atoms with E-state index in [1.807, 2.05) is 4.90 Å². The number of fused-ring (bicyclic) bond motifs is 1. The van der Waals surface area contributed by atoms with Gasteiger partial charge in [0.2, 0.25) is 5.91 Å². The average molecular weight is 358 g/mol. The summed E-state index contributed by atoms with van der Waals surface area (Å²) in [5.41, 5.74) is 2.01. The zero-order chi connectivity index (χ0) is 17.9. The average Bonchev–Trinajstić information content (AvgIpc) is 3.16. The fourth-order valence-corrected chi connectivity index (χ4v) is 3.37. The quantitative estimate of drug-likeness (QED) is 0.800. The molecule has 0 aliphatic carbocycles. The Kier molecular flexibility index (Phi) is 4.81. The second-order valence-electron chi connectivity index (χ2n) is 6.59. The molecular formula is C17H22N6O3. The van der Waals surface area contributed by atoms with Crippen LogP contribution in [0.5, 0.6) is 0 Å². The molecular weight excluding hydrogens is 336 g/mol. The van der Waals surface area contributed by atoms with Gasteiger partial charge in [0.25, 0.3) is 5.91 Å². The number of hydrogen-bond acceptors (Lipinski definition) is 6. The summed E-state index contributed by atoms with van der Waals surface area (Å²) < 4.78 is 5.31. The number of H-pyrrole nitrogens is 1. The van der Waals surface area contributed by atoms with E-state index in [4.69, 9.17) is 4.74 Å². The lowest BCUT2D eigenvalue weighted by atomic mass is 10.1. The molecule has 0 saturated carbocycles. The van der Waals surface area contributed by atoms with Crippen LogP contribution in [0.2, 0.25) is 0 Å². The van der Waals surface area contributed by atoms with E-state index in [9.17, 15) is 9.59 Å². The Hall–Kier alpha value is -2.52. The smallest absolute Gasteiger partial charge is 0.254 e. The highest BCUT2D eigenvalue weighted by Gasteiger charge is 2.26. The molecule has 1 N–H and O–H groups in total. The topological polar surface area (TPSA) is 94.7 Å². The van der Waals surface area contributed by atoms with E-state index in [2.05, 4.69) is 20.3 Å². The molecule has 4 rings (SSSR count). The van der Waals surface area contributed by atoms with Crippen LogP contribution >= 0.6 is 0 Å². The highest BCUT2D eigenvalue weighted by Crippen LogP contribution is 2.14. The van der Waals surface area contributed by atoms with E-state index in [1.54, 1.807) is 23.1 Å². The summed E-state index contributed by atoms with van der Waals surface area (Å²) in [5, 5.41) is 10.6. The third-order valence-electron chi connectivity index (χ3n) is 4.95. The maximum Gasteiger partial charge on any atom is 0.254 e. The normalized spacial score (nSPS) is 19.1. The van der Waals surface area contributed by atoms with Crippen LogP contribution in [0.15, 0.2) is 18.2 Å². The number of nitrogens with zero attached hydrogens (tertiary/aromatic N) is 5. The third-order valence-corrected chi connectivity index (χ3v) is 4.95. The van der Waals surface area contributed by atoms with Crippen LogP contribution in [0.1, 0.15) is 10.4 Å². The van der Waals surface area contributed by atoms with Gasteiger partial charge < -0.3 is 14.5 Å². The SMILES string of the molecule is O=C(CN1CCOCC1)N1CCN(C(=O)c2ccc3n[nH]nc3c2)CC1. The van der Waals surface area contributed by atoms with Crippen molar-refractivity contribution in [1.82, 2.24) is 30.1 Å². The minimum atomic E-state index is -0.0322. The monoisotopic (exact) mass is 358 g/mol. The molecule has 0 bridgehead atoms. The number of morpholine rings is 1. The Morgan fingerprint density at radius 2 is 1.65 bits per heavy atom. The van der Waals surface area contributed by atoms with Crippen molar-refractivity contribution in [2.45, 2.75) is 0 Å². The minimum Gasteiger partial charge on any atom is -0.379 e. The van der Waals surface area contributed by atoms with Crippen molar-refractivity contribution in [1.29, 1.82) is 0 Å². The Labute approximate surface area is 150 Å². The van der Waals surface area contributed by atoms with Crippen LogP contribution in [0.25, 0.3) is 11.0 Å². The van der Waals surface area contributed by atoms with E-state index >= 15 is 0 Å². The first-order valence-corrected chi connectivity index (χ1v) is 8.88. The largest absolute Gasteiger partial charge is 0.379 e. The number of carbonyl (C=O) groups is 2. The first kappa shape index (κ1) is 16.9. The fourth-order valence-electron chi connectivity index (χ4n) is 3.37. The summed E-state index contributed by atoms with van der Waals surface area (Å²) >= 11 is 0. The second kappa shape index (κ2) is 7.38. The van der Waals surface area contributed by atoms with Crippen molar-refractivity contribution in [3.8, 4) is 0 Å². The van der Waals surface area contributed by atoms with Gasteiger partial charge >= 0.3 is 0 Å². The number of ether oxygens (including phenoxy) is 1. The molecule has 2 aliphatic rings. The molecule has 3 heterocycles. The molecule has 2 saturated heterocycles. The zero-order valence-corrected chi connectivity index (χ0v) is 14.6. The summed E-state index contributed by atoms with van der Waals surface area (Å²) in [5.74, 6) is 0.0955. The van der Waals surface area contributed by atoms with Gasteiger partial charge in [-0.05, 0) is 18.2 Å². The summed E-state index contributed by atoms with van der Waals surface area (Å²) in [6, 6.07) is 5.30. The fraction of sp³-hybridized carbons (Fsp3) is 0.529. The molecule has 0 spiro atoms. The molecule has 2 aromatic rings. The van der Waals surface area contributed by atoms with Crippen LogP contribution in [0, 0.1) is 0 Å². The molecule has 2 aliphatic heterocycles. The Morgan fingerprint density at radius 1 is 0.962 bits per heavy atom. The molecule has 1 aromatic heterocycles. The molecule has 0 atom stereocenters. The molecule has 138 valence electrons. The van der Waals surface area contributed by atoms with Gasteiger partial charge in [-0.1, -0.05) is 0 Å². The van der Waals surface area contributed by atoms with Gasteiger partial charge in [0.05, 0.1) is 19.8 Å². The Bertz CT molecular complexity index is 793. The summed E-state index contributed by atoms with van der Waals surface area (Å²) in [6.07, 6.45) is 0. The van der Waals surface area contributed by atoms with Gasteiger partial charge in [-0.15, -0.1) is 0 Å². The molecule has 1 aromatic carbocycles. The van der Waals surface area contributed by atoms with Crippen LogP contribution in [0.4, 0.5) is 0 Å². The van der Waals surface area contributed by atoms with E-state index < -0.39 is 0 Å². The highest BCUT2D eigenvalue weighted by molar-refractivity contribution is 5.97. The Morgan fingerprint density at radius 3 is 2.42 bits per heavy atom. The lowest BCUT2D eigenvalue weighted by Crippen LogP contribution is -2.53. The van der Waals surface area contributed by atoms with E-state index in [-0.39, 0.29) is 11.8 Å². The number of benzene rings is 1. The number of carbonyl (C=O) groups excluding carboxylic acids is 2. The summed E-state index contributed by atoms with van der Waals surface area (Å²) in [7, 11) is 0. The number of rotatable bonds is 3. The van der Waals surface area contributed by atoms with Crippen molar-refractivity contribution in [2.75, 3.05) is 59.0 Å². The first-order chi connectivity index (χ1) is 12.7. The van der Waals surface area contributed by atoms with E-state index in [0.29, 0.717) is 57.0 Å². The van der Waals surface area contributed by atoms with E-state index in [0.717, 1.165) is 18.6 Å². The predicted octanol–water partition coefficient (Wildman–Crippen LogP) is -0.425. The van der Waals surface area contributed by atoms with Crippen LogP contribution < -0.4 is 0 Å². The van der Waals surface area contributed by atoms with Gasteiger partial charge in [-0.3, -0.25) is 14.5 Å². The second-order valence-corrected chi connectivity index (χ2v) is 6.59. The molecule has 26 heavy (non-hydrogen) atoms. The molecule has 9 heteroatoms. The van der Waals surface area contributed by atoms with Crippen LogP contribution in [-0.4, -0.2) is 101 Å². The molecule has 9 nitrogen and oxygen atoms in total. The lowest BCUT2D eigenvalue weighted by molar-refractivity contribution is -0.134. The number of piperazine rings is 1. The van der Waals surface area contributed by atoms with Crippen molar-refractivity contribution in [3.05, 3.63) is 23.8 Å². The summed E-state index contributed by atoms with van der Waals surface area (Å²) in [4.78, 5) is 30.9. The van der Waals surface area contributed by atoms with Gasteiger partial charge in [0, 0.05) is 44.8 Å². The minimum absolute atomic E-state index is 0.0322. The number of aromatic nitrogens is 3. The first-order valence-electron chi connectivity index (χ1n) is 8.88. The van der Waals surface area contributed by atoms with Gasteiger partial charge in [0.1, 0.15) is 11.0 Å². The number of aromatic amines is 1. The van der Waals surface area contributed by atoms with Gasteiger partial charge in [-0.2, -0.15) is 15.4 Å². The third kappa shape index (κ3) is 3.54. The summed E-state index contributed by atoms with van der Waals surface area (Å²) in [6.45, 7) is 5.64. The van der Waals surface area contributed by atoms with Crippen LogP contribution in [-0.2, 0) is 9.53 Å². The number of amides is 2. The molecule has 0 unspecified atom stereocenters. The maximum atomic E-state index is 12.7. The molecule has 2 fully saturated rings. The standard InChI is InChI=1S/C17H22N6O3/c24-16(12-21-7-9-26-10-8-21)22-3-5-23(6-4-22)17(25)13-1-2-14-15(11-13)19-20-18-14/h1-2,11H,3-10,12H2,(H,18,19,20). The number of nitrogens with one attached hydrogen (secondary N) is 1. The van der Waals surface area contributed by atoms with Crippen LogP contribution in [0.3, 0.4) is 0 Å². The van der Waals surface area contributed by atoms with Crippen molar-refractivity contribution >= 4 is 22.8 Å².